The number of benzene rings is 1. The monoisotopic (exact) mass is 358 g/mol. The van der Waals surface area contributed by atoms with E-state index in [2.05, 4.69) is 16.4 Å². The van der Waals surface area contributed by atoms with E-state index < -0.39 is 0 Å². The van der Waals surface area contributed by atoms with Gasteiger partial charge in [-0.3, -0.25) is 4.79 Å². The Morgan fingerprint density at radius 2 is 2.08 bits per heavy atom. The van der Waals surface area contributed by atoms with Crippen molar-refractivity contribution in [2.75, 3.05) is 7.11 Å². The number of para-hydroxylation sites is 1. The highest BCUT2D eigenvalue weighted by atomic mass is 32.1. The van der Waals surface area contributed by atoms with Crippen LogP contribution in [0.2, 0.25) is 0 Å². The standard InChI is InChI=1S/C18H18N2O2S2/c1-12-16(24-18(20-12)15-8-5-9-23-15)11-19-17(21)10-13-6-3-4-7-14(13)22-2/h3-9H,10-11H2,1-2H3,(H,19,21). The second-order valence-electron chi connectivity index (χ2n) is 5.27. The molecular weight excluding hydrogens is 340 g/mol. The third-order valence-corrected chi connectivity index (χ3v) is 5.81. The summed E-state index contributed by atoms with van der Waals surface area (Å²) in [4.78, 5) is 19.1. The van der Waals surface area contributed by atoms with Crippen LogP contribution in [0.25, 0.3) is 9.88 Å². The van der Waals surface area contributed by atoms with Gasteiger partial charge in [0, 0.05) is 10.4 Å². The molecule has 0 atom stereocenters. The Bertz CT molecular complexity index is 825. The molecule has 24 heavy (non-hydrogen) atoms. The molecule has 0 aliphatic carbocycles. The molecule has 0 bridgehead atoms. The van der Waals surface area contributed by atoms with Crippen LogP contribution >= 0.6 is 22.7 Å². The number of nitrogens with zero attached hydrogens (tertiary/aromatic N) is 1. The predicted octanol–water partition coefficient (Wildman–Crippen LogP) is 4.05. The minimum atomic E-state index is -0.0232. The van der Waals surface area contributed by atoms with Crippen molar-refractivity contribution in [1.82, 2.24) is 10.3 Å². The lowest BCUT2D eigenvalue weighted by Crippen LogP contribution is -2.24. The fraction of sp³-hybridized carbons (Fsp3) is 0.222. The van der Waals surface area contributed by atoms with Gasteiger partial charge in [-0.15, -0.1) is 22.7 Å². The number of ether oxygens (including phenoxy) is 1. The van der Waals surface area contributed by atoms with E-state index in [1.165, 1.54) is 0 Å². The molecule has 124 valence electrons. The number of rotatable bonds is 6. The molecule has 1 aromatic carbocycles. The third-order valence-electron chi connectivity index (χ3n) is 3.61. The van der Waals surface area contributed by atoms with Gasteiger partial charge in [-0.05, 0) is 24.4 Å². The van der Waals surface area contributed by atoms with Gasteiger partial charge < -0.3 is 10.1 Å². The lowest BCUT2D eigenvalue weighted by Gasteiger charge is -2.08. The SMILES string of the molecule is COc1ccccc1CC(=O)NCc1sc(-c2cccs2)nc1C. The predicted molar refractivity (Wildman–Crippen MR) is 98.7 cm³/mol. The van der Waals surface area contributed by atoms with Crippen LogP contribution in [0.4, 0.5) is 0 Å². The first kappa shape index (κ1) is 16.7. The van der Waals surface area contributed by atoms with Gasteiger partial charge in [0.15, 0.2) is 0 Å². The number of hydrogen-bond acceptors (Lipinski definition) is 5. The minimum absolute atomic E-state index is 0.0232. The topological polar surface area (TPSA) is 51.2 Å². The molecule has 0 unspecified atom stereocenters. The summed E-state index contributed by atoms with van der Waals surface area (Å²) < 4.78 is 5.29. The Labute approximate surface area is 149 Å². The van der Waals surface area contributed by atoms with Crippen LogP contribution in [0.1, 0.15) is 16.1 Å². The number of hydrogen-bond donors (Lipinski definition) is 1. The molecule has 0 fully saturated rings. The van der Waals surface area contributed by atoms with Crippen molar-refractivity contribution in [1.29, 1.82) is 0 Å². The molecule has 0 aliphatic rings. The smallest absolute Gasteiger partial charge is 0.224 e. The molecule has 0 radical (unpaired) electrons. The zero-order valence-electron chi connectivity index (χ0n) is 13.5. The first-order chi connectivity index (χ1) is 11.7. The van der Waals surface area contributed by atoms with Crippen molar-refractivity contribution < 1.29 is 9.53 Å². The van der Waals surface area contributed by atoms with Gasteiger partial charge in [0.25, 0.3) is 0 Å². The summed E-state index contributed by atoms with van der Waals surface area (Å²) in [6.07, 6.45) is 0.305. The maximum absolute atomic E-state index is 12.2. The zero-order valence-corrected chi connectivity index (χ0v) is 15.2. The quantitative estimate of drug-likeness (QED) is 0.723. The van der Waals surface area contributed by atoms with E-state index in [0.717, 1.165) is 31.8 Å². The molecule has 0 saturated heterocycles. The normalized spacial score (nSPS) is 10.6. The maximum Gasteiger partial charge on any atom is 0.224 e. The molecule has 2 aromatic heterocycles. The highest BCUT2D eigenvalue weighted by Crippen LogP contribution is 2.31. The van der Waals surface area contributed by atoms with Crippen LogP contribution < -0.4 is 10.1 Å². The number of carbonyl (C=O) groups excluding carboxylic acids is 1. The summed E-state index contributed by atoms with van der Waals surface area (Å²) in [6, 6.07) is 11.7. The molecule has 6 heteroatoms. The van der Waals surface area contributed by atoms with E-state index in [1.54, 1.807) is 29.8 Å². The molecule has 0 aliphatic heterocycles. The van der Waals surface area contributed by atoms with E-state index in [4.69, 9.17) is 4.74 Å². The van der Waals surface area contributed by atoms with Crippen LogP contribution in [0, 0.1) is 6.92 Å². The number of aromatic nitrogens is 1. The van der Waals surface area contributed by atoms with Gasteiger partial charge >= 0.3 is 0 Å². The molecule has 1 amide bonds. The Kier molecular flexibility index (Phi) is 5.27. The Morgan fingerprint density at radius 1 is 1.25 bits per heavy atom. The van der Waals surface area contributed by atoms with Gasteiger partial charge in [-0.25, -0.2) is 4.98 Å². The minimum Gasteiger partial charge on any atom is -0.496 e. The summed E-state index contributed by atoms with van der Waals surface area (Å²) in [6.45, 7) is 2.48. The average Bonchev–Trinajstić information content (AvgIpc) is 3.23. The molecule has 0 spiro atoms. The summed E-state index contributed by atoms with van der Waals surface area (Å²) in [5.41, 5.74) is 1.86. The summed E-state index contributed by atoms with van der Waals surface area (Å²) >= 11 is 3.31. The highest BCUT2D eigenvalue weighted by Gasteiger charge is 2.12. The second kappa shape index (κ2) is 7.59. The Hall–Kier alpha value is -2.18. The van der Waals surface area contributed by atoms with Crippen LogP contribution in [-0.2, 0) is 17.8 Å². The first-order valence-electron chi connectivity index (χ1n) is 7.56. The number of carbonyl (C=O) groups is 1. The fourth-order valence-corrected chi connectivity index (χ4v) is 4.16. The van der Waals surface area contributed by atoms with Crippen LogP contribution in [-0.4, -0.2) is 18.0 Å². The number of thiazole rings is 1. The molecule has 0 saturated carbocycles. The number of nitrogens with one attached hydrogen (secondary N) is 1. The van der Waals surface area contributed by atoms with Gasteiger partial charge in [-0.1, -0.05) is 24.3 Å². The van der Waals surface area contributed by atoms with Gasteiger partial charge in [0.05, 0.1) is 30.6 Å². The molecular formula is C18H18N2O2S2. The summed E-state index contributed by atoms with van der Waals surface area (Å²) in [5, 5.41) is 6.03. The zero-order chi connectivity index (χ0) is 16.9. The van der Waals surface area contributed by atoms with Crippen molar-refractivity contribution in [3.8, 4) is 15.6 Å². The van der Waals surface area contributed by atoms with Crippen LogP contribution in [0.3, 0.4) is 0 Å². The number of thiophene rings is 1. The van der Waals surface area contributed by atoms with Crippen LogP contribution in [0.15, 0.2) is 41.8 Å². The summed E-state index contributed by atoms with van der Waals surface area (Å²) in [5.74, 6) is 0.714. The fourth-order valence-electron chi connectivity index (χ4n) is 2.36. The molecule has 3 aromatic rings. The van der Waals surface area contributed by atoms with E-state index in [1.807, 2.05) is 42.6 Å². The number of amides is 1. The van der Waals surface area contributed by atoms with Crippen molar-refractivity contribution >= 4 is 28.6 Å². The van der Waals surface area contributed by atoms with E-state index in [-0.39, 0.29) is 5.91 Å². The van der Waals surface area contributed by atoms with E-state index in [0.29, 0.717) is 13.0 Å². The van der Waals surface area contributed by atoms with Gasteiger partial charge in [0.1, 0.15) is 10.8 Å². The molecule has 3 rings (SSSR count). The number of methoxy groups -OCH3 is 1. The first-order valence-corrected chi connectivity index (χ1v) is 9.25. The lowest BCUT2D eigenvalue weighted by atomic mass is 10.1. The third kappa shape index (κ3) is 3.83. The van der Waals surface area contributed by atoms with Gasteiger partial charge in [0.2, 0.25) is 5.91 Å². The summed E-state index contributed by atoms with van der Waals surface area (Å²) in [7, 11) is 1.61. The molecule has 2 heterocycles. The molecule has 1 N–H and O–H groups in total. The maximum atomic E-state index is 12.2. The van der Waals surface area contributed by atoms with Crippen molar-refractivity contribution in [2.24, 2.45) is 0 Å². The molecule has 4 nitrogen and oxygen atoms in total. The highest BCUT2D eigenvalue weighted by molar-refractivity contribution is 7.21. The Morgan fingerprint density at radius 3 is 2.83 bits per heavy atom. The number of aryl methyl sites for hydroxylation is 1. The Balaban J connectivity index is 1.62. The second-order valence-corrected chi connectivity index (χ2v) is 7.30. The van der Waals surface area contributed by atoms with E-state index >= 15 is 0 Å². The van der Waals surface area contributed by atoms with Crippen molar-refractivity contribution in [3.63, 3.8) is 0 Å². The largest absolute Gasteiger partial charge is 0.496 e. The van der Waals surface area contributed by atoms with Crippen molar-refractivity contribution in [2.45, 2.75) is 19.9 Å². The van der Waals surface area contributed by atoms with Crippen molar-refractivity contribution in [3.05, 3.63) is 57.9 Å². The van der Waals surface area contributed by atoms with Crippen LogP contribution in [0.5, 0.6) is 5.75 Å². The van der Waals surface area contributed by atoms with Gasteiger partial charge in [-0.2, -0.15) is 0 Å². The van der Waals surface area contributed by atoms with E-state index in [9.17, 15) is 4.79 Å². The lowest BCUT2D eigenvalue weighted by molar-refractivity contribution is -0.120. The average molecular weight is 358 g/mol.